The molecule has 1 heterocycles. The maximum Gasteiger partial charge on any atom is 0.260 e. The van der Waals surface area contributed by atoms with Crippen LogP contribution in [0.3, 0.4) is 0 Å². The molecule has 0 saturated carbocycles. The van der Waals surface area contributed by atoms with Gasteiger partial charge in [-0.15, -0.1) is 0 Å². The van der Waals surface area contributed by atoms with Gasteiger partial charge in [-0.1, -0.05) is 30.3 Å². The number of carbonyl (C=O) groups excluding carboxylic acids is 1. The molecule has 3 aromatic carbocycles. The molecule has 0 unspecified atom stereocenters. The van der Waals surface area contributed by atoms with E-state index >= 15 is 0 Å². The van der Waals surface area contributed by atoms with Crippen LogP contribution >= 0.6 is 0 Å². The van der Waals surface area contributed by atoms with Gasteiger partial charge < -0.3 is 19.3 Å². The Balaban J connectivity index is 1.24. The summed E-state index contributed by atoms with van der Waals surface area (Å²) in [5.74, 6) is 1.16. The third-order valence-corrected chi connectivity index (χ3v) is 7.29. The van der Waals surface area contributed by atoms with Crippen molar-refractivity contribution in [2.45, 2.75) is 11.4 Å². The molecule has 1 aliphatic heterocycles. The van der Waals surface area contributed by atoms with Gasteiger partial charge >= 0.3 is 0 Å². The van der Waals surface area contributed by atoms with Crippen molar-refractivity contribution >= 4 is 21.6 Å². The van der Waals surface area contributed by atoms with Gasteiger partial charge in [0, 0.05) is 38.4 Å². The fourth-order valence-corrected chi connectivity index (χ4v) is 4.83. The summed E-state index contributed by atoms with van der Waals surface area (Å²) in [7, 11) is -2.01. The Morgan fingerprint density at radius 3 is 2.11 bits per heavy atom. The summed E-state index contributed by atoms with van der Waals surface area (Å²) in [5.41, 5.74) is 1.97. The Kier molecular flexibility index (Phi) is 7.89. The first-order valence-electron chi connectivity index (χ1n) is 11.4. The molecule has 1 aliphatic rings. The standard InChI is InChI=1S/C26H29N3O5S/c1-33-23-9-7-22(8-10-23)28-15-17-29(18-16-28)26(30)20-34-24-11-13-25(14-12-24)35(31,32)27-19-21-5-3-2-4-6-21/h2-14,27H,15-20H2,1H3. The van der Waals surface area contributed by atoms with Gasteiger partial charge in [-0.25, -0.2) is 13.1 Å². The van der Waals surface area contributed by atoms with Crippen molar-refractivity contribution in [3.05, 3.63) is 84.4 Å². The highest BCUT2D eigenvalue weighted by Gasteiger charge is 2.22. The fourth-order valence-electron chi connectivity index (χ4n) is 3.82. The first kappa shape index (κ1) is 24.6. The number of ether oxygens (including phenoxy) is 2. The summed E-state index contributed by atoms with van der Waals surface area (Å²) >= 11 is 0. The minimum atomic E-state index is -3.65. The van der Waals surface area contributed by atoms with Crippen LogP contribution in [-0.4, -0.2) is 59.1 Å². The van der Waals surface area contributed by atoms with Crippen molar-refractivity contribution in [3.8, 4) is 11.5 Å². The molecule has 1 amide bonds. The van der Waals surface area contributed by atoms with Crippen LogP contribution in [0.4, 0.5) is 5.69 Å². The molecule has 0 radical (unpaired) electrons. The maximum absolute atomic E-state index is 12.6. The summed E-state index contributed by atoms with van der Waals surface area (Å²) in [6.07, 6.45) is 0. The molecular formula is C26H29N3O5S. The SMILES string of the molecule is COc1ccc(N2CCN(C(=O)COc3ccc(S(=O)(=O)NCc4ccccc4)cc3)CC2)cc1. The fraction of sp³-hybridized carbons (Fsp3) is 0.269. The van der Waals surface area contributed by atoms with Gasteiger partial charge in [0.1, 0.15) is 11.5 Å². The lowest BCUT2D eigenvalue weighted by Gasteiger charge is -2.36. The summed E-state index contributed by atoms with van der Waals surface area (Å²) < 4.78 is 38.5. The predicted molar refractivity (Wildman–Crippen MR) is 134 cm³/mol. The van der Waals surface area contributed by atoms with Gasteiger partial charge in [-0.2, -0.15) is 0 Å². The number of anilines is 1. The molecular weight excluding hydrogens is 466 g/mol. The summed E-state index contributed by atoms with van der Waals surface area (Å²) in [5, 5.41) is 0. The normalized spacial score (nSPS) is 14.0. The van der Waals surface area contributed by atoms with E-state index in [1.165, 1.54) is 12.1 Å². The van der Waals surface area contributed by atoms with Gasteiger partial charge in [0.25, 0.3) is 5.91 Å². The van der Waals surface area contributed by atoms with E-state index in [9.17, 15) is 13.2 Å². The Labute approximate surface area is 206 Å². The molecule has 0 aromatic heterocycles. The van der Waals surface area contributed by atoms with E-state index in [1.54, 1.807) is 24.1 Å². The molecule has 1 fully saturated rings. The minimum Gasteiger partial charge on any atom is -0.497 e. The zero-order chi connectivity index (χ0) is 24.7. The van der Waals surface area contributed by atoms with Crippen LogP contribution in [0.15, 0.2) is 83.8 Å². The van der Waals surface area contributed by atoms with Crippen molar-refractivity contribution in [1.82, 2.24) is 9.62 Å². The zero-order valence-corrected chi connectivity index (χ0v) is 20.4. The predicted octanol–water partition coefficient (Wildman–Crippen LogP) is 2.90. The van der Waals surface area contributed by atoms with Crippen LogP contribution < -0.4 is 19.1 Å². The molecule has 4 rings (SSSR count). The molecule has 0 aliphatic carbocycles. The number of hydrogen-bond donors (Lipinski definition) is 1. The number of rotatable bonds is 9. The van der Waals surface area contributed by atoms with E-state index in [1.807, 2.05) is 54.6 Å². The van der Waals surface area contributed by atoms with Crippen molar-refractivity contribution < 1.29 is 22.7 Å². The van der Waals surface area contributed by atoms with E-state index in [0.29, 0.717) is 18.8 Å². The molecule has 8 nitrogen and oxygen atoms in total. The molecule has 3 aromatic rings. The van der Waals surface area contributed by atoms with Crippen molar-refractivity contribution in [3.63, 3.8) is 0 Å². The average Bonchev–Trinajstić information content (AvgIpc) is 2.91. The second-order valence-electron chi connectivity index (χ2n) is 8.14. The molecule has 1 N–H and O–H groups in total. The quantitative estimate of drug-likeness (QED) is 0.491. The van der Waals surface area contributed by atoms with Gasteiger partial charge in [0.05, 0.1) is 12.0 Å². The lowest BCUT2D eigenvalue weighted by Crippen LogP contribution is -2.50. The number of sulfonamides is 1. The van der Waals surface area contributed by atoms with E-state index < -0.39 is 10.0 Å². The van der Waals surface area contributed by atoms with Crippen molar-refractivity contribution in [2.24, 2.45) is 0 Å². The molecule has 1 saturated heterocycles. The second kappa shape index (κ2) is 11.2. The number of amides is 1. The van der Waals surface area contributed by atoms with Crippen LogP contribution in [0.25, 0.3) is 0 Å². The number of nitrogens with one attached hydrogen (secondary N) is 1. The van der Waals surface area contributed by atoms with E-state index in [-0.39, 0.29) is 24.0 Å². The number of piperazine rings is 1. The van der Waals surface area contributed by atoms with Crippen LogP contribution in [0.1, 0.15) is 5.56 Å². The maximum atomic E-state index is 12.6. The van der Waals surface area contributed by atoms with Gasteiger partial charge in [0.2, 0.25) is 10.0 Å². The summed E-state index contributed by atoms with van der Waals surface area (Å²) in [6, 6.07) is 23.3. The Hall–Kier alpha value is -3.56. The van der Waals surface area contributed by atoms with E-state index in [2.05, 4.69) is 9.62 Å². The van der Waals surface area contributed by atoms with Gasteiger partial charge in [0.15, 0.2) is 6.61 Å². The minimum absolute atomic E-state index is 0.0963. The number of carbonyl (C=O) groups is 1. The molecule has 0 atom stereocenters. The average molecular weight is 496 g/mol. The Morgan fingerprint density at radius 2 is 1.49 bits per heavy atom. The third-order valence-electron chi connectivity index (χ3n) is 5.88. The molecule has 9 heteroatoms. The molecule has 184 valence electrons. The number of hydrogen-bond acceptors (Lipinski definition) is 6. The van der Waals surface area contributed by atoms with Crippen LogP contribution in [0, 0.1) is 0 Å². The summed E-state index contributed by atoms with van der Waals surface area (Å²) in [4.78, 5) is 16.8. The number of methoxy groups -OCH3 is 1. The topological polar surface area (TPSA) is 88.2 Å². The van der Waals surface area contributed by atoms with E-state index in [4.69, 9.17) is 9.47 Å². The lowest BCUT2D eigenvalue weighted by atomic mass is 10.2. The molecule has 0 bridgehead atoms. The Bertz CT molecular complexity index is 1210. The van der Waals surface area contributed by atoms with Crippen molar-refractivity contribution in [2.75, 3.05) is 44.8 Å². The first-order valence-corrected chi connectivity index (χ1v) is 12.9. The monoisotopic (exact) mass is 495 g/mol. The van der Waals surface area contributed by atoms with Gasteiger partial charge in [-0.05, 0) is 54.1 Å². The van der Waals surface area contributed by atoms with Crippen LogP contribution in [0.5, 0.6) is 11.5 Å². The lowest BCUT2D eigenvalue weighted by molar-refractivity contribution is -0.133. The van der Waals surface area contributed by atoms with Crippen molar-refractivity contribution in [1.29, 1.82) is 0 Å². The highest BCUT2D eigenvalue weighted by Crippen LogP contribution is 2.21. The highest BCUT2D eigenvalue weighted by molar-refractivity contribution is 7.89. The van der Waals surface area contributed by atoms with Crippen LogP contribution in [-0.2, 0) is 21.4 Å². The van der Waals surface area contributed by atoms with Gasteiger partial charge in [-0.3, -0.25) is 4.79 Å². The van der Waals surface area contributed by atoms with E-state index in [0.717, 1.165) is 30.1 Å². The largest absolute Gasteiger partial charge is 0.497 e. The highest BCUT2D eigenvalue weighted by atomic mass is 32.2. The molecule has 0 spiro atoms. The zero-order valence-electron chi connectivity index (χ0n) is 19.6. The number of benzene rings is 3. The summed E-state index contributed by atoms with van der Waals surface area (Å²) in [6.45, 7) is 2.81. The molecule has 35 heavy (non-hydrogen) atoms. The first-order chi connectivity index (χ1) is 16.9. The third kappa shape index (κ3) is 6.52. The Morgan fingerprint density at radius 1 is 0.857 bits per heavy atom. The second-order valence-corrected chi connectivity index (χ2v) is 9.90. The smallest absolute Gasteiger partial charge is 0.260 e. The van der Waals surface area contributed by atoms with Crippen LogP contribution in [0.2, 0.25) is 0 Å². The number of nitrogens with zero attached hydrogens (tertiary/aromatic N) is 2.